The van der Waals surface area contributed by atoms with E-state index in [1.165, 1.54) is 18.2 Å². The minimum atomic E-state index is 0.153. The highest BCUT2D eigenvalue weighted by molar-refractivity contribution is 7.99. The van der Waals surface area contributed by atoms with Gasteiger partial charge in [-0.25, -0.2) is 0 Å². The van der Waals surface area contributed by atoms with Gasteiger partial charge in [-0.2, -0.15) is 0 Å². The molecule has 134 valence electrons. The Balaban J connectivity index is 1.58. The van der Waals surface area contributed by atoms with Gasteiger partial charge in [-0.1, -0.05) is 18.7 Å². The van der Waals surface area contributed by atoms with Crippen molar-refractivity contribution < 1.29 is 13.9 Å². The second-order valence-electron chi connectivity index (χ2n) is 6.04. The number of hydrogen-bond acceptors (Lipinski definition) is 6. The van der Waals surface area contributed by atoms with Crippen molar-refractivity contribution in [2.45, 2.75) is 43.9 Å². The van der Waals surface area contributed by atoms with Crippen molar-refractivity contribution in [1.82, 2.24) is 15.1 Å². The molecule has 0 bridgehead atoms. The van der Waals surface area contributed by atoms with E-state index < -0.39 is 0 Å². The lowest BCUT2D eigenvalue weighted by Gasteiger charge is -2.35. The fourth-order valence-corrected chi connectivity index (χ4v) is 3.73. The molecule has 7 heteroatoms. The van der Waals surface area contributed by atoms with E-state index in [0.717, 1.165) is 37.1 Å². The number of carbonyl (C=O) groups is 1. The summed E-state index contributed by atoms with van der Waals surface area (Å²) in [5, 5.41) is 8.52. The number of likely N-dealkylation sites (tertiary alicyclic amines) is 1. The molecule has 0 unspecified atom stereocenters. The Labute approximate surface area is 151 Å². The molecular weight excluding hydrogens is 338 g/mol. The Bertz CT molecular complexity index is 702. The van der Waals surface area contributed by atoms with Crippen molar-refractivity contribution in [2.24, 2.45) is 0 Å². The molecule has 1 aliphatic rings. The van der Waals surface area contributed by atoms with Gasteiger partial charge >= 0.3 is 0 Å². The molecule has 3 rings (SSSR count). The van der Waals surface area contributed by atoms with Gasteiger partial charge in [0.1, 0.15) is 5.75 Å². The van der Waals surface area contributed by atoms with Crippen molar-refractivity contribution in [3.63, 3.8) is 0 Å². The van der Waals surface area contributed by atoms with Crippen LogP contribution >= 0.6 is 11.8 Å². The van der Waals surface area contributed by atoms with Crippen molar-refractivity contribution in [2.75, 3.05) is 19.4 Å². The van der Waals surface area contributed by atoms with Crippen molar-refractivity contribution in [3.05, 3.63) is 24.3 Å². The average Bonchev–Trinajstić information content (AvgIpc) is 3.15. The van der Waals surface area contributed by atoms with E-state index in [2.05, 4.69) is 17.1 Å². The fourth-order valence-electron chi connectivity index (χ4n) is 3.08. The third-order valence-corrected chi connectivity index (χ3v) is 5.28. The van der Waals surface area contributed by atoms with Crippen molar-refractivity contribution in [1.29, 1.82) is 0 Å². The van der Waals surface area contributed by atoms with E-state index in [0.29, 0.717) is 22.9 Å². The van der Waals surface area contributed by atoms with Crippen LogP contribution in [0.1, 0.15) is 32.6 Å². The summed E-state index contributed by atoms with van der Waals surface area (Å²) in [6, 6.07) is 7.80. The van der Waals surface area contributed by atoms with E-state index in [1.54, 1.807) is 7.11 Å². The minimum Gasteiger partial charge on any atom is -0.497 e. The van der Waals surface area contributed by atoms with Crippen LogP contribution < -0.4 is 4.74 Å². The summed E-state index contributed by atoms with van der Waals surface area (Å²) in [5.41, 5.74) is 0.827. The van der Waals surface area contributed by atoms with Crippen LogP contribution in [0.5, 0.6) is 5.75 Å². The molecule has 1 aromatic heterocycles. The number of amides is 1. The van der Waals surface area contributed by atoms with Crippen LogP contribution in [0, 0.1) is 0 Å². The van der Waals surface area contributed by atoms with Gasteiger partial charge in [0.15, 0.2) is 0 Å². The van der Waals surface area contributed by atoms with Gasteiger partial charge < -0.3 is 14.1 Å². The molecular formula is C18H23N3O3S. The predicted octanol–water partition coefficient (Wildman–Crippen LogP) is 3.63. The van der Waals surface area contributed by atoms with Gasteiger partial charge in [-0.3, -0.25) is 4.79 Å². The Morgan fingerprint density at radius 2 is 2.12 bits per heavy atom. The predicted molar refractivity (Wildman–Crippen MR) is 96.7 cm³/mol. The van der Waals surface area contributed by atoms with E-state index in [-0.39, 0.29) is 5.91 Å². The molecule has 0 spiro atoms. The second kappa shape index (κ2) is 8.38. The number of ether oxygens (including phenoxy) is 1. The molecule has 0 N–H and O–H groups in total. The van der Waals surface area contributed by atoms with E-state index >= 15 is 0 Å². The first kappa shape index (κ1) is 17.8. The largest absolute Gasteiger partial charge is 0.497 e. The second-order valence-corrected chi connectivity index (χ2v) is 6.96. The zero-order valence-electron chi connectivity index (χ0n) is 14.6. The zero-order valence-corrected chi connectivity index (χ0v) is 15.4. The maximum atomic E-state index is 12.5. The maximum absolute atomic E-state index is 12.5. The SMILES string of the molecule is CC[C@@H]1CCCCN1C(=O)CSc1nnc(-c2ccc(OC)cc2)o1. The molecule has 2 heterocycles. The first-order chi connectivity index (χ1) is 12.2. The van der Waals surface area contributed by atoms with Crippen LogP contribution in [0.15, 0.2) is 33.9 Å². The van der Waals surface area contributed by atoms with Crippen LogP contribution in [-0.4, -0.2) is 46.5 Å². The first-order valence-electron chi connectivity index (χ1n) is 8.61. The lowest BCUT2D eigenvalue weighted by molar-refractivity contribution is -0.132. The van der Waals surface area contributed by atoms with Gasteiger partial charge in [-0.05, 0) is 49.9 Å². The van der Waals surface area contributed by atoms with Gasteiger partial charge in [-0.15, -0.1) is 10.2 Å². The number of benzene rings is 1. The molecule has 2 aromatic rings. The number of thioether (sulfide) groups is 1. The fraction of sp³-hybridized carbons (Fsp3) is 0.500. The van der Waals surface area contributed by atoms with E-state index in [1.807, 2.05) is 29.2 Å². The summed E-state index contributed by atoms with van der Waals surface area (Å²) < 4.78 is 10.8. The molecule has 0 saturated carbocycles. The van der Waals surface area contributed by atoms with Crippen LogP contribution in [-0.2, 0) is 4.79 Å². The van der Waals surface area contributed by atoms with Gasteiger partial charge in [0.25, 0.3) is 5.22 Å². The van der Waals surface area contributed by atoms with Crippen LogP contribution in [0.2, 0.25) is 0 Å². The van der Waals surface area contributed by atoms with Crippen molar-refractivity contribution >= 4 is 17.7 Å². The first-order valence-corrected chi connectivity index (χ1v) is 9.60. The zero-order chi connectivity index (χ0) is 17.6. The number of rotatable bonds is 6. The van der Waals surface area contributed by atoms with Crippen molar-refractivity contribution in [3.8, 4) is 17.2 Å². The highest BCUT2D eigenvalue weighted by atomic mass is 32.2. The van der Waals surface area contributed by atoms with Crippen LogP contribution in [0.4, 0.5) is 0 Å². The Morgan fingerprint density at radius 1 is 1.32 bits per heavy atom. The van der Waals surface area contributed by atoms with Crippen LogP contribution in [0.25, 0.3) is 11.5 Å². The Hall–Kier alpha value is -2.02. The lowest BCUT2D eigenvalue weighted by Crippen LogP contribution is -2.44. The molecule has 1 aromatic carbocycles. The topological polar surface area (TPSA) is 68.5 Å². The van der Waals surface area contributed by atoms with E-state index in [9.17, 15) is 4.79 Å². The number of methoxy groups -OCH3 is 1. The molecule has 25 heavy (non-hydrogen) atoms. The van der Waals surface area contributed by atoms with Gasteiger partial charge in [0.05, 0.1) is 12.9 Å². The number of hydrogen-bond donors (Lipinski definition) is 0. The average molecular weight is 361 g/mol. The third kappa shape index (κ3) is 4.34. The monoisotopic (exact) mass is 361 g/mol. The quantitative estimate of drug-likeness (QED) is 0.732. The summed E-state index contributed by atoms with van der Waals surface area (Å²) >= 11 is 1.30. The Morgan fingerprint density at radius 3 is 2.84 bits per heavy atom. The highest BCUT2D eigenvalue weighted by Crippen LogP contribution is 2.26. The summed E-state index contributed by atoms with van der Waals surface area (Å²) in [6.07, 6.45) is 4.42. The molecule has 1 saturated heterocycles. The normalized spacial score (nSPS) is 17.5. The molecule has 6 nitrogen and oxygen atoms in total. The summed E-state index contributed by atoms with van der Waals surface area (Å²) in [6.45, 7) is 3.00. The number of piperidine rings is 1. The molecule has 1 atom stereocenters. The number of aromatic nitrogens is 2. The highest BCUT2D eigenvalue weighted by Gasteiger charge is 2.25. The lowest BCUT2D eigenvalue weighted by atomic mass is 10.0. The van der Waals surface area contributed by atoms with Gasteiger partial charge in [0, 0.05) is 18.2 Å². The molecule has 0 aliphatic carbocycles. The number of nitrogens with zero attached hydrogens (tertiary/aromatic N) is 3. The summed E-state index contributed by atoms with van der Waals surface area (Å²) in [4.78, 5) is 14.5. The molecule has 1 amide bonds. The summed E-state index contributed by atoms with van der Waals surface area (Å²) in [7, 11) is 1.62. The number of carbonyl (C=O) groups excluding carboxylic acids is 1. The minimum absolute atomic E-state index is 0.153. The molecule has 1 aliphatic heterocycles. The van der Waals surface area contributed by atoms with Gasteiger partial charge in [0.2, 0.25) is 11.8 Å². The molecule has 1 fully saturated rings. The summed E-state index contributed by atoms with van der Waals surface area (Å²) in [5.74, 6) is 1.71. The third-order valence-electron chi connectivity index (χ3n) is 4.48. The van der Waals surface area contributed by atoms with Crippen LogP contribution in [0.3, 0.4) is 0 Å². The maximum Gasteiger partial charge on any atom is 0.277 e. The standard InChI is InChI=1S/C18H23N3O3S/c1-3-14-6-4-5-11-21(14)16(22)12-25-18-20-19-17(24-18)13-7-9-15(23-2)10-8-13/h7-10,14H,3-6,11-12H2,1-2H3/t14-/m1/s1. The Kier molecular flexibility index (Phi) is 5.96. The molecule has 0 radical (unpaired) electrons. The van der Waals surface area contributed by atoms with E-state index in [4.69, 9.17) is 9.15 Å². The smallest absolute Gasteiger partial charge is 0.277 e.